The first-order chi connectivity index (χ1) is 14.3. The van der Waals surface area contributed by atoms with Crippen molar-refractivity contribution in [3.8, 4) is 0 Å². The zero-order valence-electron chi connectivity index (χ0n) is 16.8. The van der Waals surface area contributed by atoms with E-state index in [0.717, 1.165) is 25.7 Å². The van der Waals surface area contributed by atoms with Gasteiger partial charge in [-0.25, -0.2) is 14.6 Å². The van der Waals surface area contributed by atoms with Crippen LogP contribution in [0.2, 0.25) is 0 Å². The lowest BCUT2D eigenvalue weighted by molar-refractivity contribution is 0.0216. The third-order valence-electron chi connectivity index (χ3n) is 5.44. The standard InChI is InChI=1S/C21H22N2O6S/c1-11-16-18(30-17(11)21(27)29-13-6-4-3-5-7-13)22-12(2)23(19(16)24)10-14-8-9-15(28-14)20(25)26/h8-9,13H,3-7,10H2,1-2H3,(H,25,26). The molecule has 1 N–H and O–H groups in total. The number of nitrogens with zero attached hydrogens (tertiary/aromatic N) is 2. The SMILES string of the molecule is Cc1c(C(=O)OC2CCCCC2)sc2nc(C)n(Cc3ccc(C(=O)O)o3)c(=O)c12. The van der Waals surface area contributed by atoms with Crippen LogP contribution in [0.5, 0.6) is 0 Å². The molecule has 0 amide bonds. The zero-order valence-corrected chi connectivity index (χ0v) is 17.6. The number of carbonyl (C=O) groups excluding carboxylic acids is 1. The number of ether oxygens (including phenoxy) is 1. The Kier molecular flexibility index (Phi) is 5.46. The fourth-order valence-corrected chi connectivity index (χ4v) is 4.92. The highest BCUT2D eigenvalue weighted by molar-refractivity contribution is 7.20. The predicted octanol–water partition coefficient (Wildman–Crippen LogP) is 3.90. The molecule has 3 aromatic heterocycles. The molecule has 9 heteroatoms. The Morgan fingerprint density at radius 2 is 2.00 bits per heavy atom. The Morgan fingerprint density at radius 3 is 2.67 bits per heavy atom. The molecule has 0 aromatic carbocycles. The molecule has 158 valence electrons. The Hall–Kier alpha value is -2.94. The number of fused-ring (bicyclic) bond motifs is 1. The summed E-state index contributed by atoms with van der Waals surface area (Å²) in [6, 6.07) is 2.87. The largest absolute Gasteiger partial charge is 0.475 e. The van der Waals surface area contributed by atoms with Crippen molar-refractivity contribution in [3.63, 3.8) is 0 Å². The molecule has 0 radical (unpaired) electrons. The van der Waals surface area contributed by atoms with E-state index in [0.29, 0.717) is 32.2 Å². The molecule has 0 spiro atoms. The number of hydrogen-bond donors (Lipinski definition) is 1. The summed E-state index contributed by atoms with van der Waals surface area (Å²) in [5, 5.41) is 9.39. The van der Waals surface area contributed by atoms with Gasteiger partial charge in [0.25, 0.3) is 5.56 Å². The van der Waals surface area contributed by atoms with E-state index in [2.05, 4.69) is 4.98 Å². The summed E-state index contributed by atoms with van der Waals surface area (Å²) in [6.07, 6.45) is 4.98. The third-order valence-corrected chi connectivity index (χ3v) is 6.60. The van der Waals surface area contributed by atoms with Crippen molar-refractivity contribution < 1.29 is 23.8 Å². The molecule has 3 aromatic rings. The molecule has 0 atom stereocenters. The van der Waals surface area contributed by atoms with E-state index in [4.69, 9.17) is 14.3 Å². The Balaban J connectivity index is 1.67. The summed E-state index contributed by atoms with van der Waals surface area (Å²) in [4.78, 5) is 42.3. The summed E-state index contributed by atoms with van der Waals surface area (Å²) in [7, 11) is 0. The summed E-state index contributed by atoms with van der Waals surface area (Å²) < 4.78 is 12.4. The van der Waals surface area contributed by atoms with E-state index in [1.807, 2.05) is 0 Å². The second-order valence-electron chi connectivity index (χ2n) is 7.52. The lowest BCUT2D eigenvalue weighted by atomic mass is 9.98. The van der Waals surface area contributed by atoms with Crippen LogP contribution in [0.25, 0.3) is 10.2 Å². The molecule has 1 aliphatic carbocycles. The van der Waals surface area contributed by atoms with Crippen LogP contribution in [0, 0.1) is 13.8 Å². The van der Waals surface area contributed by atoms with E-state index < -0.39 is 11.9 Å². The van der Waals surface area contributed by atoms with E-state index in [-0.39, 0.29) is 24.0 Å². The molecule has 3 heterocycles. The van der Waals surface area contributed by atoms with E-state index in [9.17, 15) is 14.4 Å². The maximum Gasteiger partial charge on any atom is 0.371 e. The summed E-state index contributed by atoms with van der Waals surface area (Å²) in [5.41, 5.74) is 0.268. The summed E-state index contributed by atoms with van der Waals surface area (Å²) in [6.45, 7) is 3.48. The van der Waals surface area contributed by atoms with Gasteiger partial charge in [-0.05, 0) is 57.2 Å². The number of esters is 1. The van der Waals surface area contributed by atoms with Crippen LogP contribution in [0.4, 0.5) is 0 Å². The fraction of sp³-hybridized carbons (Fsp3) is 0.429. The van der Waals surface area contributed by atoms with Crippen LogP contribution in [-0.4, -0.2) is 32.7 Å². The third kappa shape index (κ3) is 3.77. The van der Waals surface area contributed by atoms with Gasteiger partial charge >= 0.3 is 11.9 Å². The summed E-state index contributed by atoms with van der Waals surface area (Å²) >= 11 is 1.17. The van der Waals surface area contributed by atoms with Gasteiger partial charge in [-0.2, -0.15) is 0 Å². The number of carbonyl (C=O) groups is 2. The van der Waals surface area contributed by atoms with Crippen molar-refractivity contribution in [1.29, 1.82) is 0 Å². The average molecular weight is 430 g/mol. The number of aromatic nitrogens is 2. The molecule has 30 heavy (non-hydrogen) atoms. The van der Waals surface area contributed by atoms with Gasteiger partial charge in [-0.3, -0.25) is 9.36 Å². The van der Waals surface area contributed by atoms with Crippen LogP contribution in [0.15, 0.2) is 21.3 Å². The van der Waals surface area contributed by atoms with Gasteiger partial charge in [-0.15, -0.1) is 11.3 Å². The van der Waals surface area contributed by atoms with Gasteiger partial charge in [-0.1, -0.05) is 6.42 Å². The second-order valence-corrected chi connectivity index (χ2v) is 8.52. The Morgan fingerprint density at radius 1 is 1.27 bits per heavy atom. The minimum Gasteiger partial charge on any atom is -0.475 e. The molecule has 0 aliphatic heterocycles. The highest BCUT2D eigenvalue weighted by Gasteiger charge is 2.25. The normalized spacial score (nSPS) is 14.9. The van der Waals surface area contributed by atoms with E-state index in [1.165, 1.54) is 34.5 Å². The maximum atomic E-state index is 13.2. The first-order valence-electron chi connectivity index (χ1n) is 9.88. The van der Waals surface area contributed by atoms with Crippen molar-refractivity contribution in [2.24, 2.45) is 0 Å². The number of thiophene rings is 1. The number of aromatic carboxylic acids is 1. The number of furan rings is 1. The lowest BCUT2D eigenvalue weighted by Crippen LogP contribution is -2.24. The van der Waals surface area contributed by atoms with Crippen molar-refractivity contribution in [3.05, 3.63) is 50.3 Å². The minimum atomic E-state index is -1.17. The molecule has 0 saturated heterocycles. The molecule has 0 bridgehead atoms. The Bertz CT molecular complexity index is 1180. The molecule has 1 saturated carbocycles. The average Bonchev–Trinajstić information content (AvgIpc) is 3.31. The topological polar surface area (TPSA) is 112 Å². The number of carboxylic acids is 1. The fourth-order valence-electron chi connectivity index (χ4n) is 3.82. The number of rotatable bonds is 5. The predicted molar refractivity (Wildman–Crippen MR) is 110 cm³/mol. The molecule has 1 aliphatic rings. The maximum absolute atomic E-state index is 13.2. The summed E-state index contributed by atoms with van der Waals surface area (Å²) in [5.74, 6) is -0.973. The van der Waals surface area contributed by atoms with Crippen molar-refractivity contribution in [1.82, 2.24) is 9.55 Å². The number of aryl methyl sites for hydroxylation is 2. The molecule has 4 rings (SSSR count). The van der Waals surface area contributed by atoms with Gasteiger partial charge in [0, 0.05) is 0 Å². The number of carboxylic acid groups (broad SMARTS) is 1. The lowest BCUT2D eigenvalue weighted by Gasteiger charge is -2.21. The Labute approximate surface area is 176 Å². The van der Waals surface area contributed by atoms with Crippen LogP contribution >= 0.6 is 11.3 Å². The van der Waals surface area contributed by atoms with Crippen LogP contribution in [0.1, 0.15) is 69.5 Å². The van der Waals surface area contributed by atoms with Gasteiger partial charge < -0.3 is 14.3 Å². The van der Waals surface area contributed by atoms with Gasteiger partial charge in [0.15, 0.2) is 0 Å². The molecular formula is C21H22N2O6S. The van der Waals surface area contributed by atoms with Gasteiger partial charge in [0.05, 0.1) is 11.9 Å². The van der Waals surface area contributed by atoms with Crippen molar-refractivity contribution in [2.45, 2.75) is 58.6 Å². The zero-order chi connectivity index (χ0) is 21.4. The minimum absolute atomic E-state index is 0.0536. The highest BCUT2D eigenvalue weighted by atomic mass is 32.1. The first-order valence-corrected chi connectivity index (χ1v) is 10.7. The molecule has 8 nitrogen and oxygen atoms in total. The molecular weight excluding hydrogens is 408 g/mol. The number of hydrogen-bond acceptors (Lipinski definition) is 7. The highest BCUT2D eigenvalue weighted by Crippen LogP contribution is 2.30. The quantitative estimate of drug-likeness (QED) is 0.611. The van der Waals surface area contributed by atoms with Crippen molar-refractivity contribution in [2.75, 3.05) is 0 Å². The van der Waals surface area contributed by atoms with Crippen molar-refractivity contribution >= 4 is 33.5 Å². The van der Waals surface area contributed by atoms with Crippen LogP contribution < -0.4 is 5.56 Å². The van der Waals surface area contributed by atoms with Gasteiger partial charge in [0.2, 0.25) is 5.76 Å². The molecule has 0 unspecified atom stereocenters. The first kappa shape index (κ1) is 20.3. The second kappa shape index (κ2) is 8.06. The van der Waals surface area contributed by atoms with E-state index >= 15 is 0 Å². The van der Waals surface area contributed by atoms with Crippen LogP contribution in [0.3, 0.4) is 0 Å². The molecule has 1 fully saturated rings. The monoisotopic (exact) mass is 430 g/mol. The van der Waals surface area contributed by atoms with E-state index in [1.54, 1.807) is 13.8 Å². The van der Waals surface area contributed by atoms with Crippen LogP contribution in [-0.2, 0) is 11.3 Å². The van der Waals surface area contributed by atoms with Gasteiger partial charge in [0.1, 0.15) is 27.4 Å². The smallest absolute Gasteiger partial charge is 0.371 e.